The quantitative estimate of drug-likeness (QED) is 0.226. The standard InChI is InChI=1S/C27H37F3O/c1-5-8-9-10-11-12-13-23(27(6-2,7-3)31-4)21-16-14-20(15-17-21)22-18-25(29)26(30)19-24(22)28/h14-19,23H,5-13H2,1-4H3. The van der Waals surface area contributed by atoms with Gasteiger partial charge in [-0.3, -0.25) is 0 Å². The van der Waals surface area contributed by atoms with Crippen molar-refractivity contribution in [3.63, 3.8) is 0 Å². The highest BCUT2D eigenvalue weighted by molar-refractivity contribution is 5.64. The molecule has 0 aliphatic carbocycles. The van der Waals surface area contributed by atoms with Crippen LogP contribution in [0.4, 0.5) is 13.2 Å². The Kier molecular flexibility index (Phi) is 10.1. The van der Waals surface area contributed by atoms with Crippen molar-refractivity contribution in [3.05, 3.63) is 59.4 Å². The van der Waals surface area contributed by atoms with Gasteiger partial charge in [0.25, 0.3) is 0 Å². The molecule has 0 amide bonds. The Morgan fingerprint density at radius 3 is 1.94 bits per heavy atom. The van der Waals surface area contributed by atoms with Crippen molar-refractivity contribution < 1.29 is 17.9 Å². The van der Waals surface area contributed by atoms with E-state index >= 15 is 0 Å². The summed E-state index contributed by atoms with van der Waals surface area (Å²) < 4.78 is 47.2. The van der Waals surface area contributed by atoms with Crippen LogP contribution in [0.2, 0.25) is 0 Å². The summed E-state index contributed by atoms with van der Waals surface area (Å²) in [4.78, 5) is 0. The van der Waals surface area contributed by atoms with Gasteiger partial charge in [0.1, 0.15) is 5.82 Å². The van der Waals surface area contributed by atoms with Crippen LogP contribution < -0.4 is 0 Å². The first-order valence-corrected chi connectivity index (χ1v) is 11.7. The van der Waals surface area contributed by atoms with Crippen LogP contribution in [0.1, 0.15) is 90.0 Å². The van der Waals surface area contributed by atoms with Crippen LogP contribution in [0.3, 0.4) is 0 Å². The molecule has 0 saturated heterocycles. The molecular weight excluding hydrogens is 397 g/mol. The molecule has 2 aromatic rings. The fraction of sp³-hybridized carbons (Fsp3) is 0.556. The van der Waals surface area contributed by atoms with Crippen LogP contribution in [0, 0.1) is 17.5 Å². The lowest BCUT2D eigenvalue weighted by Crippen LogP contribution is -2.37. The molecule has 2 rings (SSSR count). The monoisotopic (exact) mass is 434 g/mol. The first-order chi connectivity index (χ1) is 14.9. The largest absolute Gasteiger partial charge is 0.378 e. The third-order valence-corrected chi connectivity index (χ3v) is 6.72. The molecule has 0 bridgehead atoms. The van der Waals surface area contributed by atoms with Gasteiger partial charge in [0.15, 0.2) is 11.6 Å². The zero-order chi connectivity index (χ0) is 22.9. The SMILES string of the molecule is CCCCCCCCC(c1ccc(-c2cc(F)c(F)cc2F)cc1)C(CC)(CC)OC. The predicted molar refractivity (Wildman–Crippen MR) is 123 cm³/mol. The fourth-order valence-electron chi connectivity index (χ4n) is 4.67. The van der Waals surface area contributed by atoms with Gasteiger partial charge in [-0.1, -0.05) is 83.6 Å². The van der Waals surface area contributed by atoms with Crippen molar-refractivity contribution in [3.8, 4) is 11.1 Å². The molecule has 0 N–H and O–H groups in total. The van der Waals surface area contributed by atoms with E-state index in [2.05, 4.69) is 20.8 Å². The number of ether oxygens (including phenoxy) is 1. The van der Waals surface area contributed by atoms with Crippen molar-refractivity contribution in [1.29, 1.82) is 0 Å². The Bertz CT molecular complexity index is 789. The molecule has 0 aliphatic rings. The minimum absolute atomic E-state index is 0.0712. The van der Waals surface area contributed by atoms with Crippen LogP contribution in [-0.4, -0.2) is 12.7 Å². The summed E-state index contributed by atoms with van der Waals surface area (Å²) >= 11 is 0. The average Bonchev–Trinajstić information content (AvgIpc) is 2.78. The Morgan fingerprint density at radius 2 is 1.35 bits per heavy atom. The molecule has 1 atom stereocenters. The lowest BCUT2D eigenvalue weighted by atomic mass is 9.75. The van der Waals surface area contributed by atoms with Crippen LogP contribution in [0.15, 0.2) is 36.4 Å². The summed E-state index contributed by atoms with van der Waals surface area (Å²) in [5.41, 5.74) is 1.50. The molecule has 0 saturated carbocycles. The van der Waals surface area contributed by atoms with Crippen LogP contribution in [0.25, 0.3) is 11.1 Å². The van der Waals surface area contributed by atoms with Crippen molar-refractivity contribution in [1.82, 2.24) is 0 Å². The highest BCUT2D eigenvalue weighted by Crippen LogP contribution is 2.41. The first kappa shape index (κ1) is 25.5. The summed E-state index contributed by atoms with van der Waals surface area (Å²) in [6, 6.07) is 9.08. The van der Waals surface area contributed by atoms with Gasteiger partial charge in [0.2, 0.25) is 0 Å². The minimum atomic E-state index is -1.17. The van der Waals surface area contributed by atoms with Gasteiger partial charge in [-0.2, -0.15) is 0 Å². The summed E-state index contributed by atoms with van der Waals surface area (Å²) in [5.74, 6) is -2.75. The second-order valence-electron chi connectivity index (χ2n) is 8.45. The number of methoxy groups -OCH3 is 1. The number of rotatable bonds is 13. The van der Waals surface area contributed by atoms with Crippen LogP contribution in [-0.2, 0) is 4.74 Å². The zero-order valence-corrected chi connectivity index (χ0v) is 19.4. The molecule has 31 heavy (non-hydrogen) atoms. The molecule has 0 aliphatic heterocycles. The number of hydrogen-bond donors (Lipinski definition) is 0. The molecule has 0 radical (unpaired) electrons. The van der Waals surface area contributed by atoms with E-state index in [1.54, 1.807) is 19.2 Å². The summed E-state index contributed by atoms with van der Waals surface area (Å²) in [5, 5.41) is 0. The van der Waals surface area contributed by atoms with E-state index in [9.17, 15) is 13.2 Å². The maximum Gasteiger partial charge on any atom is 0.161 e. The fourth-order valence-corrected chi connectivity index (χ4v) is 4.67. The van der Waals surface area contributed by atoms with Gasteiger partial charge in [-0.05, 0) is 36.5 Å². The first-order valence-electron chi connectivity index (χ1n) is 11.7. The van der Waals surface area contributed by atoms with Crippen LogP contribution >= 0.6 is 0 Å². The normalized spacial score (nSPS) is 12.9. The van der Waals surface area contributed by atoms with E-state index < -0.39 is 17.5 Å². The Hall–Kier alpha value is -1.81. The molecule has 0 aromatic heterocycles. The van der Waals surface area contributed by atoms with E-state index in [1.807, 2.05) is 12.1 Å². The lowest BCUT2D eigenvalue weighted by molar-refractivity contribution is -0.0425. The van der Waals surface area contributed by atoms with Crippen molar-refractivity contribution >= 4 is 0 Å². The van der Waals surface area contributed by atoms with Gasteiger partial charge >= 0.3 is 0 Å². The third kappa shape index (κ3) is 6.35. The topological polar surface area (TPSA) is 9.23 Å². The summed E-state index contributed by atoms with van der Waals surface area (Å²) in [7, 11) is 1.78. The Balaban J connectivity index is 2.26. The number of halogens is 3. The molecule has 172 valence electrons. The van der Waals surface area contributed by atoms with Crippen molar-refractivity contribution in [2.75, 3.05) is 7.11 Å². The van der Waals surface area contributed by atoms with E-state index in [1.165, 1.54) is 32.1 Å². The third-order valence-electron chi connectivity index (χ3n) is 6.72. The number of unbranched alkanes of at least 4 members (excludes halogenated alkanes) is 5. The minimum Gasteiger partial charge on any atom is -0.378 e. The van der Waals surface area contributed by atoms with E-state index in [0.29, 0.717) is 11.6 Å². The molecule has 1 unspecified atom stereocenters. The Labute approximate surface area is 186 Å². The van der Waals surface area contributed by atoms with Crippen molar-refractivity contribution in [2.45, 2.75) is 90.1 Å². The van der Waals surface area contributed by atoms with Gasteiger partial charge in [-0.25, -0.2) is 13.2 Å². The van der Waals surface area contributed by atoms with Gasteiger partial charge in [0, 0.05) is 24.7 Å². The number of hydrogen-bond acceptors (Lipinski definition) is 1. The predicted octanol–water partition coefficient (Wildman–Crippen LogP) is 8.81. The van der Waals surface area contributed by atoms with E-state index in [4.69, 9.17) is 4.74 Å². The number of benzene rings is 2. The molecule has 0 fully saturated rings. The smallest absolute Gasteiger partial charge is 0.161 e. The average molecular weight is 435 g/mol. The summed E-state index contributed by atoms with van der Waals surface area (Å²) in [6.07, 6.45) is 10.3. The van der Waals surface area contributed by atoms with E-state index in [-0.39, 0.29) is 17.1 Å². The Morgan fingerprint density at radius 1 is 0.774 bits per heavy atom. The second kappa shape index (κ2) is 12.3. The molecule has 0 heterocycles. The molecule has 2 aromatic carbocycles. The van der Waals surface area contributed by atoms with Crippen molar-refractivity contribution in [2.24, 2.45) is 0 Å². The van der Waals surface area contributed by atoms with Gasteiger partial charge < -0.3 is 4.74 Å². The van der Waals surface area contributed by atoms with Gasteiger partial charge in [-0.15, -0.1) is 0 Å². The zero-order valence-electron chi connectivity index (χ0n) is 19.4. The van der Waals surface area contributed by atoms with E-state index in [0.717, 1.165) is 37.3 Å². The molecule has 0 spiro atoms. The summed E-state index contributed by atoms with van der Waals surface area (Å²) in [6.45, 7) is 6.54. The maximum atomic E-state index is 14.2. The van der Waals surface area contributed by atoms with Gasteiger partial charge in [0.05, 0.1) is 5.60 Å². The second-order valence-corrected chi connectivity index (χ2v) is 8.45. The lowest BCUT2D eigenvalue weighted by Gasteiger charge is -2.39. The van der Waals surface area contributed by atoms with Crippen LogP contribution in [0.5, 0.6) is 0 Å². The highest BCUT2D eigenvalue weighted by atomic mass is 19.2. The highest BCUT2D eigenvalue weighted by Gasteiger charge is 2.36. The molecule has 1 nitrogen and oxygen atoms in total. The molecular formula is C27H37F3O. The maximum absolute atomic E-state index is 14.2. The molecule has 4 heteroatoms.